The van der Waals surface area contributed by atoms with Crippen molar-refractivity contribution in [2.75, 3.05) is 0 Å². The average molecular weight is 278 g/mol. The Labute approximate surface area is 93.3 Å². The monoisotopic (exact) mass is 278 g/mol. The minimum Gasteiger partial charge on any atom is -0.352 e. The maximum atomic E-state index is 13.7. The molecular formula is C9H10F6NS+. The highest BCUT2D eigenvalue weighted by molar-refractivity contribution is 8.45. The van der Waals surface area contributed by atoms with Gasteiger partial charge in [-0.3, -0.25) is 0 Å². The van der Waals surface area contributed by atoms with Crippen LogP contribution in [0.25, 0.3) is 0 Å². The van der Waals surface area contributed by atoms with Crippen molar-refractivity contribution in [2.45, 2.75) is 23.0 Å². The van der Waals surface area contributed by atoms with Crippen LogP contribution in [0.2, 0.25) is 0 Å². The summed E-state index contributed by atoms with van der Waals surface area (Å²) in [4.78, 5) is -2.00. The van der Waals surface area contributed by atoms with Gasteiger partial charge in [0.1, 0.15) is 10.9 Å². The number of quaternary nitrogens is 1. The molecular weight excluding hydrogens is 268 g/mol. The van der Waals surface area contributed by atoms with Gasteiger partial charge in [0.25, 0.3) is 0 Å². The molecule has 0 aromatic heterocycles. The van der Waals surface area contributed by atoms with Crippen molar-refractivity contribution in [2.24, 2.45) is 0 Å². The largest absolute Gasteiger partial charge is 0.352 e. The molecule has 0 saturated heterocycles. The van der Waals surface area contributed by atoms with Gasteiger partial charge in [-0.2, -0.15) is 0 Å². The number of alkyl halides is 1. The van der Waals surface area contributed by atoms with Crippen LogP contribution in [0.4, 0.5) is 23.8 Å². The van der Waals surface area contributed by atoms with E-state index in [1.807, 2.05) is 0 Å². The Morgan fingerprint density at radius 2 is 1.47 bits per heavy atom. The second-order valence-electron chi connectivity index (χ2n) is 4.26. The molecule has 2 rings (SSSR count). The summed E-state index contributed by atoms with van der Waals surface area (Å²) >= 11 is 0. The molecule has 2 atom stereocenters. The van der Waals surface area contributed by atoms with Crippen LogP contribution >= 0.6 is 10.2 Å². The highest BCUT2D eigenvalue weighted by atomic mass is 32.5. The Kier molecular flexibility index (Phi) is 1.91. The van der Waals surface area contributed by atoms with E-state index in [1.54, 1.807) is 0 Å². The molecule has 1 saturated carbocycles. The second-order valence-corrected chi connectivity index (χ2v) is 6.67. The van der Waals surface area contributed by atoms with E-state index in [9.17, 15) is 23.8 Å². The van der Waals surface area contributed by atoms with Gasteiger partial charge in [0.15, 0.2) is 5.67 Å². The van der Waals surface area contributed by atoms with Crippen molar-refractivity contribution in [3.05, 3.63) is 29.8 Å². The number of rotatable bonds is 2. The molecule has 0 heterocycles. The average Bonchev–Trinajstić information content (AvgIpc) is 2.73. The number of halogens is 6. The van der Waals surface area contributed by atoms with E-state index in [0.717, 1.165) is 12.1 Å². The van der Waals surface area contributed by atoms with Crippen LogP contribution < -0.4 is 5.73 Å². The molecule has 1 fully saturated rings. The molecule has 3 N–H and O–H groups in total. The Hall–Kier alpha value is -0.890. The van der Waals surface area contributed by atoms with Gasteiger partial charge in [-0.05, 0) is 17.7 Å². The molecule has 0 unspecified atom stereocenters. The van der Waals surface area contributed by atoms with Crippen molar-refractivity contribution < 1.29 is 29.6 Å². The third-order valence-corrected chi connectivity index (χ3v) is 3.97. The molecule has 1 aliphatic rings. The topological polar surface area (TPSA) is 27.6 Å². The first kappa shape index (κ1) is 12.6. The highest BCUT2D eigenvalue weighted by Gasteiger charge is 2.65. The summed E-state index contributed by atoms with van der Waals surface area (Å²) in [5.41, 5.74) is 1.63. The first-order valence-corrected chi connectivity index (χ1v) is 6.65. The molecule has 0 radical (unpaired) electrons. The van der Waals surface area contributed by atoms with Crippen LogP contribution in [0, 0.1) is 0 Å². The van der Waals surface area contributed by atoms with Crippen molar-refractivity contribution in [1.29, 1.82) is 0 Å². The second kappa shape index (κ2) is 2.59. The molecule has 1 nitrogen and oxygen atoms in total. The zero-order valence-electron chi connectivity index (χ0n) is 8.48. The molecule has 98 valence electrons. The van der Waals surface area contributed by atoms with Crippen molar-refractivity contribution in [3.63, 3.8) is 0 Å². The van der Waals surface area contributed by atoms with Crippen molar-refractivity contribution >= 4 is 10.2 Å². The van der Waals surface area contributed by atoms with Gasteiger partial charge in [-0.25, -0.2) is 4.39 Å². The Bertz CT molecular complexity index is 466. The van der Waals surface area contributed by atoms with Gasteiger partial charge in [0.05, 0.1) is 0 Å². The van der Waals surface area contributed by atoms with Crippen LogP contribution in [0.15, 0.2) is 29.2 Å². The molecule has 1 aliphatic carbocycles. The van der Waals surface area contributed by atoms with E-state index in [4.69, 9.17) is 0 Å². The first-order valence-electron chi connectivity index (χ1n) is 4.69. The van der Waals surface area contributed by atoms with Gasteiger partial charge in [0, 0.05) is 6.42 Å². The summed E-state index contributed by atoms with van der Waals surface area (Å²) in [5, 5.41) is 0. The predicted molar refractivity (Wildman–Crippen MR) is 51.9 cm³/mol. The van der Waals surface area contributed by atoms with E-state index in [2.05, 4.69) is 5.73 Å². The maximum absolute atomic E-state index is 13.7. The quantitative estimate of drug-likeness (QED) is 0.802. The minimum atomic E-state index is -9.65. The summed E-state index contributed by atoms with van der Waals surface area (Å²) in [6.45, 7) is 0. The Morgan fingerprint density at radius 3 is 1.76 bits per heavy atom. The Balaban J connectivity index is 2.39. The lowest BCUT2D eigenvalue weighted by molar-refractivity contribution is -0.396. The summed E-state index contributed by atoms with van der Waals surface area (Å²) in [5.74, 6) is 0. The molecule has 0 aliphatic heterocycles. The summed E-state index contributed by atoms with van der Waals surface area (Å²) in [6, 6.07) is 1.41. The fourth-order valence-corrected chi connectivity index (χ4v) is 2.29. The summed E-state index contributed by atoms with van der Waals surface area (Å²) in [7, 11) is -9.65. The lowest BCUT2D eigenvalue weighted by atomic mass is 10.1. The summed E-state index contributed by atoms with van der Waals surface area (Å²) < 4.78 is 75.5. The van der Waals surface area contributed by atoms with E-state index >= 15 is 0 Å². The van der Waals surface area contributed by atoms with E-state index < -0.39 is 26.8 Å². The van der Waals surface area contributed by atoms with E-state index in [-0.39, 0.29) is 24.1 Å². The molecule has 1 aromatic carbocycles. The fourth-order valence-electron chi connectivity index (χ4n) is 1.64. The van der Waals surface area contributed by atoms with Crippen molar-refractivity contribution in [1.82, 2.24) is 0 Å². The molecule has 0 bridgehead atoms. The smallest absolute Gasteiger partial charge is 0.310 e. The molecule has 0 spiro atoms. The first-order chi connectivity index (χ1) is 7.33. The normalized spacial score (nSPS) is 32.8. The maximum Gasteiger partial charge on any atom is 0.310 e. The van der Waals surface area contributed by atoms with Gasteiger partial charge < -0.3 is 5.73 Å². The standard InChI is InChI=1S/C9H9F6NS/c10-9(5-8(9)16)6-1-3-7(4-2-6)17(11,12,13,14)15/h1-4,8H,5,16H2/p+1/t8-,9-/m0/s1. The number of hydrogen-bond donors (Lipinski definition) is 1. The highest BCUT2D eigenvalue weighted by Crippen LogP contribution is 3.02. The van der Waals surface area contributed by atoms with Crippen LogP contribution in [0.1, 0.15) is 12.0 Å². The minimum absolute atomic E-state index is 0.0388. The van der Waals surface area contributed by atoms with Gasteiger partial charge in [-0.1, -0.05) is 31.6 Å². The molecule has 17 heavy (non-hydrogen) atoms. The molecule has 1 aromatic rings. The lowest BCUT2D eigenvalue weighted by Crippen LogP contribution is -2.55. The third kappa shape index (κ3) is 2.23. The van der Waals surface area contributed by atoms with Crippen LogP contribution in [-0.2, 0) is 5.67 Å². The SMILES string of the molecule is [NH3+][C@H]1C[C@]1(F)c1ccc(S(F)(F)(F)(F)F)cc1. The number of benzene rings is 1. The number of hydrogen-bond acceptors (Lipinski definition) is 0. The Morgan fingerprint density at radius 1 is 1.06 bits per heavy atom. The van der Waals surface area contributed by atoms with Crippen LogP contribution in [0.3, 0.4) is 0 Å². The fraction of sp³-hybridized carbons (Fsp3) is 0.333. The van der Waals surface area contributed by atoms with E-state index in [1.165, 1.54) is 0 Å². The lowest BCUT2D eigenvalue weighted by Gasteiger charge is -2.40. The van der Waals surface area contributed by atoms with Gasteiger partial charge >= 0.3 is 10.2 Å². The van der Waals surface area contributed by atoms with Gasteiger partial charge in [0.2, 0.25) is 0 Å². The zero-order chi connectivity index (χ0) is 13.2. The van der Waals surface area contributed by atoms with Crippen LogP contribution in [-0.4, -0.2) is 6.04 Å². The zero-order valence-corrected chi connectivity index (χ0v) is 9.29. The molecule has 8 heteroatoms. The third-order valence-electron chi connectivity index (χ3n) is 2.81. The summed E-state index contributed by atoms with van der Waals surface area (Å²) in [6.07, 6.45) is 0.1000. The predicted octanol–water partition coefficient (Wildman–Crippen LogP) is 3.52. The van der Waals surface area contributed by atoms with Crippen LogP contribution in [0.5, 0.6) is 0 Å². The van der Waals surface area contributed by atoms with E-state index in [0.29, 0.717) is 0 Å². The molecule has 0 amide bonds. The van der Waals surface area contributed by atoms with Crippen molar-refractivity contribution in [3.8, 4) is 0 Å². The van der Waals surface area contributed by atoms with Gasteiger partial charge in [-0.15, -0.1) is 0 Å².